The fraction of sp³-hybridized carbons (Fsp3) is 0.333. The Morgan fingerprint density at radius 2 is 1.84 bits per heavy atom. The summed E-state index contributed by atoms with van der Waals surface area (Å²) >= 11 is 0. The molecule has 0 spiro atoms. The average molecular weight is 323 g/mol. The molecule has 0 fully saturated rings. The number of nitrogens with one attached hydrogen (secondary N) is 1. The zero-order valence-electron chi connectivity index (χ0n) is 9.37. The highest BCUT2D eigenvalue weighted by Crippen LogP contribution is 2.32. The van der Waals surface area contributed by atoms with Crippen LogP contribution in [0.1, 0.15) is 5.56 Å². The lowest BCUT2D eigenvalue weighted by atomic mass is 10.2. The van der Waals surface area contributed by atoms with Crippen LogP contribution in [0.3, 0.4) is 0 Å². The first-order valence-corrected chi connectivity index (χ1v) is 6.23. The van der Waals surface area contributed by atoms with Crippen molar-refractivity contribution in [2.24, 2.45) is 5.73 Å². The molecule has 19 heavy (non-hydrogen) atoms. The maximum absolute atomic E-state index is 13.2. The van der Waals surface area contributed by atoms with Gasteiger partial charge < -0.3 is 5.73 Å². The molecule has 0 unspecified atom stereocenters. The average Bonchev–Trinajstić information content (AvgIpc) is 2.24. The highest BCUT2D eigenvalue weighted by molar-refractivity contribution is 7.89. The Hall–Kier alpha value is -0.900. The SMILES string of the molecule is Cl.NCCNS(=O)(=O)c1ccc(C(F)(F)F)c(F)c1. The molecular weight excluding hydrogens is 312 g/mol. The molecule has 0 amide bonds. The van der Waals surface area contributed by atoms with E-state index in [4.69, 9.17) is 5.73 Å². The Morgan fingerprint density at radius 1 is 1.26 bits per heavy atom. The summed E-state index contributed by atoms with van der Waals surface area (Å²) in [7, 11) is -4.04. The molecule has 0 aliphatic heterocycles. The molecule has 0 radical (unpaired) electrons. The number of nitrogens with two attached hydrogens (primary N) is 1. The second-order valence-electron chi connectivity index (χ2n) is 3.33. The molecule has 3 N–H and O–H groups in total. The van der Waals surface area contributed by atoms with E-state index >= 15 is 0 Å². The van der Waals surface area contributed by atoms with Gasteiger partial charge in [0.1, 0.15) is 5.82 Å². The van der Waals surface area contributed by atoms with E-state index in [0.29, 0.717) is 18.2 Å². The summed E-state index contributed by atoms with van der Waals surface area (Å²) in [5, 5.41) is 0. The normalized spacial score (nSPS) is 12.1. The number of sulfonamides is 1. The van der Waals surface area contributed by atoms with Crippen LogP contribution in [0, 0.1) is 5.82 Å². The van der Waals surface area contributed by atoms with Gasteiger partial charge in [-0.1, -0.05) is 0 Å². The van der Waals surface area contributed by atoms with E-state index in [1.54, 1.807) is 0 Å². The Labute approximate surface area is 113 Å². The van der Waals surface area contributed by atoms with Crippen LogP contribution >= 0.6 is 12.4 Å². The molecule has 0 aliphatic carbocycles. The molecule has 4 nitrogen and oxygen atoms in total. The number of rotatable bonds is 4. The van der Waals surface area contributed by atoms with Gasteiger partial charge in [0, 0.05) is 13.1 Å². The first kappa shape index (κ1) is 18.1. The highest BCUT2D eigenvalue weighted by atomic mass is 35.5. The van der Waals surface area contributed by atoms with Crippen molar-refractivity contribution < 1.29 is 26.0 Å². The molecule has 1 aromatic carbocycles. The van der Waals surface area contributed by atoms with E-state index in [1.807, 2.05) is 4.72 Å². The van der Waals surface area contributed by atoms with Gasteiger partial charge in [-0.15, -0.1) is 12.4 Å². The standard InChI is InChI=1S/C9H10F4N2O2S.ClH/c10-8-5-6(18(16,17)15-4-3-14)1-2-7(8)9(11,12)13;/h1-2,5,15H,3-4,14H2;1H. The van der Waals surface area contributed by atoms with Crippen LogP contribution in [0.4, 0.5) is 17.6 Å². The van der Waals surface area contributed by atoms with E-state index in [1.165, 1.54) is 0 Å². The van der Waals surface area contributed by atoms with Gasteiger partial charge >= 0.3 is 6.18 Å². The van der Waals surface area contributed by atoms with Crippen LogP contribution in [-0.4, -0.2) is 21.5 Å². The number of alkyl halides is 3. The molecule has 0 heterocycles. The molecule has 1 rings (SSSR count). The molecule has 110 valence electrons. The molecule has 0 aromatic heterocycles. The molecular formula is C9H11ClF4N2O2S. The van der Waals surface area contributed by atoms with Crippen molar-refractivity contribution >= 4 is 22.4 Å². The summed E-state index contributed by atoms with van der Waals surface area (Å²) in [6.07, 6.45) is -4.86. The summed E-state index contributed by atoms with van der Waals surface area (Å²) in [6, 6.07) is 1.39. The van der Waals surface area contributed by atoms with Crippen molar-refractivity contribution in [3.05, 3.63) is 29.6 Å². The summed E-state index contributed by atoms with van der Waals surface area (Å²) in [6.45, 7) is -0.0761. The second kappa shape index (κ2) is 6.51. The van der Waals surface area contributed by atoms with Crippen molar-refractivity contribution in [1.82, 2.24) is 4.72 Å². The Bertz CT molecular complexity index is 534. The van der Waals surface area contributed by atoms with E-state index in [2.05, 4.69) is 0 Å². The highest BCUT2D eigenvalue weighted by Gasteiger charge is 2.34. The first-order valence-electron chi connectivity index (χ1n) is 4.75. The minimum atomic E-state index is -4.86. The lowest BCUT2D eigenvalue weighted by molar-refractivity contribution is -0.140. The number of halogens is 5. The quantitative estimate of drug-likeness (QED) is 0.825. The van der Waals surface area contributed by atoms with Crippen molar-refractivity contribution in [2.45, 2.75) is 11.1 Å². The van der Waals surface area contributed by atoms with Gasteiger partial charge in [-0.05, 0) is 18.2 Å². The third kappa shape index (κ3) is 4.60. The molecule has 0 saturated carbocycles. The molecule has 10 heteroatoms. The Balaban J connectivity index is 0.00000324. The Morgan fingerprint density at radius 3 is 2.26 bits per heavy atom. The van der Waals surface area contributed by atoms with Crippen LogP contribution in [0.15, 0.2) is 23.1 Å². The second-order valence-corrected chi connectivity index (χ2v) is 5.09. The minimum absolute atomic E-state index is 0. The first-order chi connectivity index (χ1) is 8.18. The maximum atomic E-state index is 13.2. The van der Waals surface area contributed by atoms with Crippen LogP contribution in [-0.2, 0) is 16.2 Å². The van der Waals surface area contributed by atoms with Crippen molar-refractivity contribution in [1.29, 1.82) is 0 Å². The van der Waals surface area contributed by atoms with Gasteiger partial charge in [0.15, 0.2) is 0 Å². The molecule has 0 bridgehead atoms. The molecule has 1 aromatic rings. The number of benzene rings is 1. The van der Waals surface area contributed by atoms with Gasteiger partial charge in [-0.3, -0.25) is 0 Å². The fourth-order valence-corrected chi connectivity index (χ4v) is 2.23. The fourth-order valence-electron chi connectivity index (χ4n) is 1.17. The largest absolute Gasteiger partial charge is 0.419 e. The van der Waals surface area contributed by atoms with Crippen molar-refractivity contribution in [3.8, 4) is 0 Å². The number of hydrogen-bond donors (Lipinski definition) is 2. The predicted molar refractivity (Wildman–Crippen MR) is 62.9 cm³/mol. The number of hydrogen-bond acceptors (Lipinski definition) is 3. The third-order valence-corrected chi connectivity index (χ3v) is 3.45. The van der Waals surface area contributed by atoms with E-state index in [9.17, 15) is 26.0 Å². The van der Waals surface area contributed by atoms with Gasteiger partial charge in [0.2, 0.25) is 10.0 Å². The van der Waals surface area contributed by atoms with Gasteiger partial charge in [-0.25, -0.2) is 17.5 Å². The lowest BCUT2D eigenvalue weighted by Gasteiger charge is -2.10. The predicted octanol–water partition coefficient (Wildman–Crippen LogP) is 1.50. The monoisotopic (exact) mass is 322 g/mol. The Kier molecular flexibility index (Phi) is 6.20. The van der Waals surface area contributed by atoms with Crippen molar-refractivity contribution in [3.63, 3.8) is 0 Å². The smallest absolute Gasteiger partial charge is 0.329 e. The van der Waals surface area contributed by atoms with E-state index in [0.717, 1.165) is 0 Å². The van der Waals surface area contributed by atoms with Gasteiger partial charge in [0.25, 0.3) is 0 Å². The van der Waals surface area contributed by atoms with E-state index in [-0.39, 0.29) is 25.5 Å². The zero-order chi connectivity index (χ0) is 14.0. The minimum Gasteiger partial charge on any atom is -0.329 e. The maximum Gasteiger partial charge on any atom is 0.419 e. The zero-order valence-corrected chi connectivity index (χ0v) is 11.0. The topological polar surface area (TPSA) is 72.2 Å². The van der Waals surface area contributed by atoms with Crippen LogP contribution in [0.2, 0.25) is 0 Å². The molecule has 0 atom stereocenters. The summed E-state index contributed by atoms with van der Waals surface area (Å²) in [5.41, 5.74) is 3.56. The van der Waals surface area contributed by atoms with E-state index < -0.39 is 32.5 Å². The summed E-state index contributed by atoms with van der Waals surface area (Å²) in [4.78, 5) is -0.582. The lowest BCUT2D eigenvalue weighted by Crippen LogP contribution is -2.29. The van der Waals surface area contributed by atoms with Gasteiger partial charge in [0.05, 0.1) is 10.5 Å². The third-order valence-electron chi connectivity index (χ3n) is 1.99. The van der Waals surface area contributed by atoms with Crippen LogP contribution < -0.4 is 10.5 Å². The van der Waals surface area contributed by atoms with Gasteiger partial charge in [-0.2, -0.15) is 13.2 Å². The van der Waals surface area contributed by atoms with Crippen LogP contribution in [0.25, 0.3) is 0 Å². The summed E-state index contributed by atoms with van der Waals surface area (Å²) in [5.74, 6) is -1.64. The van der Waals surface area contributed by atoms with Crippen LogP contribution in [0.5, 0.6) is 0 Å². The molecule has 0 aliphatic rings. The van der Waals surface area contributed by atoms with Crippen molar-refractivity contribution in [2.75, 3.05) is 13.1 Å². The summed E-state index contributed by atoms with van der Waals surface area (Å²) < 4.78 is 74.9. The molecule has 0 saturated heterocycles.